The lowest BCUT2D eigenvalue weighted by Gasteiger charge is -2.22. The van der Waals surface area contributed by atoms with Gasteiger partial charge in [0.25, 0.3) is 5.78 Å². The van der Waals surface area contributed by atoms with Gasteiger partial charge in [-0.25, -0.2) is 4.39 Å². The van der Waals surface area contributed by atoms with Crippen LogP contribution in [0.5, 0.6) is 5.75 Å². The first-order valence-corrected chi connectivity index (χ1v) is 14.5. The summed E-state index contributed by atoms with van der Waals surface area (Å²) < 4.78 is 20.0. The molecule has 204 valence electrons. The number of anilines is 1. The number of rotatable bonds is 9. The highest BCUT2D eigenvalue weighted by Crippen LogP contribution is 2.44. The third kappa shape index (κ3) is 5.89. The minimum atomic E-state index is -1.03. The van der Waals surface area contributed by atoms with Gasteiger partial charge in [0, 0.05) is 16.3 Å². The van der Waals surface area contributed by atoms with Crippen LogP contribution in [-0.4, -0.2) is 33.6 Å². The van der Waals surface area contributed by atoms with Crippen LogP contribution in [0.25, 0.3) is 5.76 Å². The average Bonchev–Trinajstić information content (AvgIpc) is 3.54. The number of aliphatic hydroxyl groups excluding tert-OH is 1. The van der Waals surface area contributed by atoms with Crippen LogP contribution in [0.1, 0.15) is 36.1 Å². The smallest absolute Gasteiger partial charge is 0.301 e. The van der Waals surface area contributed by atoms with Gasteiger partial charge in [-0.1, -0.05) is 65.9 Å². The monoisotopic (exact) mass is 595 g/mol. The van der Waals surface area contributed by atoms with Crippen molar-refractivity contribution in [2.24, 2.45) is 0 Å². The van der Waals surface area contributed by atoms with Gasteiger partial charge in [-0.05, 0) is 66.1 Å². The van der Waals surface area contributed by atoms with Gasteiger partial charge < -0.3 is 9.84 Å². The zero-order valence-electron chi connectivity index (χ0n) is 21.2. The van der Waals surface area contributed by atoms with Crippen molar-refractivity contribution in [2.75, 3.05) is 11.5 Å². The number of carbonyl (C=O) groups excluding carboxylic acids is 2. The summed E-state index contributed by atoms with van der Waals surface area (Å²) in [5, 5.41) is 20.5. The maximum atomic E-state index is 13.8. The summed E-state index contributed by atoms with van der Waals surface area (Å²) in [5.74, 6) is -1.33. The number of aliphatic hydroxyl groups is 1. The summed E-state index contributed by atoms with van der Waals surface area (Å²) in [6.45, 7) is 2.54. The number of hydrogen-bond donors (Lipinski definition) is 1. The molecule has 0 bridgehead atoms. The molecule has 3 aromatic carbocycles. The molecule has 1 aromatic heterocycles. The van der Waals surface area contributed by atoms with E-state index in [1.807, 2.05) is 19.1 Å². The van der Waals surface area contributed by atoms with Gasteiger partial charge >= 0.3 is 5.91 Å². The van der Waals surface area contributed by atoms with Crippen molar-refractivity contribution in [3.05, 3.63) is 106 Å². The van der Waals surface area contributed by atoms with Crippen LogP contribution in [0.4, 0.5) is 9.52 Å². The summed E-state index contributed by atoms with van der Waals surface area (Å²) in [6.07, 6.45) is 0.843. The number of nitrogens with zero attached hydrogens (tertiary/aromatic N) is 3. The van der Waals surface area contributed by atoms with E-state index in [1.54, 1.807) is 36.4 Å². The maximum Gasteiger partial charge on any atom is 0.301 e. The Balaban J connectivity index is 1.49. The van der Waals surface area contributed by atoms with Gasteiger partial charge in [-0.15, -0.1) is 10.2 Å². The van der Waals surface area contributed by atoms with Gasteiger partial charge in [0.2, 0.25) is 5.13 Å². The van der Waals surface area contributed by atoms with Gasteiger partial charge in [-0.3, -0.25) is 14.5 Å². The van der Waals surface area contributed by atoms with Gasteiger partial charge in [0.15, 0.2) is 4.34 Å². The second-order valence-electron chi connectivity index (χ2n) is 8.86. The second-order valence-corrected chi connectivity index (χ2v) is 11.5. The lowest BCUT2D eigenvalue weighted by molar-refractivity contribution is -0.132. The Bertz CT molecular complexity index is 1560. The number of aromatic nitrogens is 2. The third-order valence-corrected chi connectivity index (χ3v) is 8.49. The van der Waals surface area contributed by atoms with Gasteiger partial charge in [0.05, 0.1) is 18.2 Å². The molecule has 0 radical (unpaired) electrons. The predicted molar refractivity (Wildman–Crippen MR) is 154 cm³/mol. The first-order chi connectivity index (χ1) is 19.4. The Morgan fingerprint density at radius 2 is 1.75 bits per heavy atom. The molecule has 5 rings (SSSR count). The molecular formula is C29H23ClFN3O4S2. The molecule has 40 heavy (non-hydrogen) atoms. The van der Waals surface area contributed by atoms with Crippen LogP contribution in [-0.2, 0) is 15.3 Å². The van der Waals surface area contributed by atoms with E-state index in [4.69, 9.17) is 16.3 Å². The summed E-state index contributed by atoms with van der Waals surface area (Å²) >= 11 is 8.54. The van der Waals surface area contributed by atoms with Crippen LogP contribution in [0, 0.1) is 5.82 Å². The van der Waals surface area contributed by atoms with Crippen LogP contribution in [0.3, 0.4) is 0 Å². The lowest BCUT2D eigenvalue weighted by atomic mass is 9.95. The van der Waals surface area contributed by atoms with E-state index in [2.05, 4.69) is 10.2 Å². The molecule has 1 aliphatic heterocycles. The Morgan fingerprint density at radius 1 is 1.05 bits per heavy atom. The predicted octanol–water partition coefficient (Wildman–Crippen LogP) is 7.04. The minimum absolute atomic E-state index is 0.121. The lowest BCUT2D eigenvalue weighted by Crippen LogP contribution is -2.29. The number of hydrogen-bond acceptors (Lipinski definition) is 8. The van der Waals surface area contributed by atoms with E-state index in [9.17, 15) is 19.1 Å². The second kappa shape index (κ2) is 12.2. The van der Waals surface area contributed by atoms with Crippen molar-refractivity contribution < 1.29 is 23.8 Å². The normalized spacial score (nSPS) is 16.5. The molecule has 7 nitrogen and oxygen atoms in total. The first-order valence-electron chi connectivity index (χ1n) is 12.4. The summed E-state index contributed by atoms with van der Waals surface area (Å²) in [4.78, 5) is 27.9. The SMILES string of the molecule is CCCOc1ccc(/C(O)=C2/C(=O)C(=O)N(c3nnc(SCc4ccc(Cl)cc4)s3)C2c2ccc(F)cc2)cc1. The van der Waals surface area contributed by atoms with Crippen molar-refractivity contribution in [3.63, 3.8) is 0 Å². The molecule has 1 fully saturated rings. The van der Waals surface area contributed by atoms with Crippen LogP contribution in [0.2, 0.25) is 5.02 Å². The number of Topliss-reactive ketones (excluding diaryl/α,β-unsaturated/α-hetero) is 1. The average molecular weight is 596 g/mol. The van der Waals surface area contributed by atoms with E-state index >= 15 is 0 Å². The molecule has 1 atom stereocenters. The zero-order valence-corrected chi connectivity index (χ0v) is 23.6. The molecule has 1 amide bonds. The van der Waals surface area contributed by atoms with E-state index in [0.29, 0.717) is 38.6 Å². The van der Waals surface area contributed by atoms with E-state index in [1.165, 1.54) is 40.9 Å². The van der Waals surface area contributed by atoms with Crippen molar-refractivity contribution >= 4 is 57.3 Å². The van der Waals surface area contributed by atoms with Crippen LogP contribution in [0.15, 0.2) is 82.7 Å². The molecule has 0 spiro atoms. The molecule has 11 heteroatoms. The Kier molecular flexibility index (Phi) is 8.49. The number of ketones is 1. The molecule has 1 unspecified atom stereocenters. The molecule has 4 aromatic rings. The Morgan fingerprint density at radius 3 is 2.42 bits per heavy atom. The number of halogens is 2. The molecule has 1 saturated heterocycles. The number of benzene rings is 3. The van der Waals surface area contributed by atoms with E-state index in [0.717, 1.165) is 23.3 Å². The van der Waals surface area contributed by atoms with Crippen molar-refractivity contribution in [3.8, 4) is 5.75 Å². The molecule has 0 saturated carbocycles. The van der Waals surface area contributed by atoms with Crippen molar-refractivity contribution in [2.45, 2.75) is 29.5 Å². The van der Waals surface area contributed by atoms with Crippen molar-refractivity contribution in [1.82, 2.24) is 10.2 Å². The Labute approximate surface area is 243 Å². The quantitative estimate of drug-likeness (QED) is 0.0729. The van der Waals surface area contributed by atoms with Gasteiger partial charge in [0.1, 0.15) is 17.3 Å². The first kappa shape index (κ1) is 27.8. The zero-order chi connectivity index (χ0) is 28.2. The maximum absolute atomic E-state index is 13.8. The van der Waals surface area contributed by atoms with Gasteiger partial charge in [-0.2, -0.15) is 0 Å². The standard InChI is InChI=1S/C29H23ClFN3O4S2/c1-2-15-38-22-13-7-19(8-14-22)25(35)23-24(18-5-11-21(31)12-6-18)34(27(37)26(23)36)28-32-33-29(40-28)39-16-17-3-9-20(30)10-4-17/h3-14,24,35H,2,15-16H2,1H3/b25-23-. The molecule has 2 heterocycles. The third-order valence-electron chi connectivity index (χ3n) is 6.11. The minimum Gasteiger partial charge on any atom is -0.507 e. The highest BCUT2D eigenvalue weighted by Gasteiger charge is 2.48. The molecule has 1 aliphatic rings. The largest absolute Gasteiger partial charge is 0.507 e. The number of carbonyl (C=O) groups is 2. The highest BCUT2D eigenvalue weighted by molar-refractivity contribution is 8.00. The molecule has 0 aliphatic carbocycles. The fourth-order valence-corrected chi connectivity index (χ4v) is 6.11. The van der Waals surface area contributed by atoms with E-state index < -0.39 is 23.5 Å². The fourth-order valence-electron chi connectivity index (χ4n) is 4.16. The number of ether oxygens (including phenoxy) is 1. The molecule has 1 N–H and O–H groups in total. The summed E-state index contributed by atoms with van der Waals surface area (Å²) in [5.41, 5.74) is 1.69. The van der Waals surface area contributed by atoms with Crippen LogP contribution < -0.4 is 9.64 Å². The number of thioether (sulfide) groups is 1. The van der Waals surface area contributed by atoms with E-state index in [-0.39, 0.29) is 16.5 Å². The van der Waals surface area contributed by atoms with Crippen LogP contribution >= 0.6 is 34.7 Å². The summed E-state index contributed by atoms with van der Waals surface area (Å²) in [6, 6.07) is 18.4. The topological polar surface area (TPSA) is 92.6 Å². The fraction of sp³-hybridized carbons (Fsp3) is 0.172. The Hall–Kier alpha value is -3.73. The number of amides is 1. The summed E-state index contributed by atoms with van der Waals surface area (Å²) in [7, 11) is 0. The molecular weight excluding hydrogens is 573 g/mol. The van der Waals surface area contributed by atoms with Crippen molar-refractivity contribution in [1.29, 1.82) is 0 Å². The highest BCUT2D eigenvalue weighted by atomic mass is 35.5.